The Morgan fingerprint density at radius 3 is 2.50 bits per heavy atom. The smallest absolute Gasteiger partial charge is 0.259 e. The van der Waals surface area contributed by atoms with Gasteiger partial charge in [0.25, 0.3) is 11.8 Å². The van der Waals surface area contributed by atoms with E-state index < -0.39 is 0 Å². The highest BCUT2D eigenvalue weighted by Crippen LogP contribution is 2.19. The van der Waals surface area contributed by atoms with Crippen molar-refractivity contribution in [1.29, 1.82) is 0 Å². The highest BCUT2D eigenvalue weighted by molar-refractivity contribution is 6.05. The lowest BCUT2D eigenvalue weighted by Crippen LogP contribution is -2.35. The number of rotatable bonds is 3. The van der Waals surface area contributed by atoms with Gasteiger partial charge < -0.3 is 14.6 Å². The van der Waals surface area contributed by atoms with E-state index in [1.54, 1.807) is 37.3 Å². The quantitative estimate of drug-likeness (QED) is 0.934. The zero-order valence-corrected chi connectivity index (χ0v) is 14.1. The molecule has 0 atom stereocenters. The summed E-state index contributed by atoms with van der Waals surface area (Å²) in [7, 11) is 0. The van der Waals surface area contributed by atoms with Crippen LogP contribution in [-0.2, 0) is 0 Å². The number of benzene rings is 1. The first-order valence-corrected chi connectivity index (χ1v) is 8.32. The van der Waals surface area contributed by atoms with Crippen LogP contribution in [0.3, 0.4) is 0 Å². The van der Waals surface area contributed by atoms with Crippen molar-refractivity contribution in [3.05, 3.63) is 53.0 Å². The van der Waals surface area contributed by atoms with Crippen LogP contribution in [-0.4, -0.2) is 29.8 Å². The van der Waals surface area contributed by atoms with E-state index in [0.717, 1.165) is 25.9 Å². The number of nitrogens with zero attached hydrogens (tertiary/aromatic N) is 1. The second-order valence-electron chi connectivity index (χ2n) is 6.21. The van der Waals surface area contributed by atoms with Gasteiger partial charge in [0.05, 0.1) is 5.56 Å². The van der Waals surface area contributed by atoms with Gasteiger partial charge in [-0.15, -0.1) is 0 Å². The summed E-state index contributed by atoms with van der Waals surface area (Å²) < 4.78 is 5.39. The number of anilines is 1. The van der Waals surface area contributed by atoms with Crippen LogP contribution in [0.4, 0.5) is 5.69 Å². The molecule has 5 heteroatoms. The van der Waals surface area contributed by atoms with E-state index in [1.807, 2.05) is 11.8 Å². The SMILES string of the molecule is Cc1cc(C(=O)Nc2cccc(C(=O)N3CCCCC3)c2)c(C)o1. The highest BCUT2D eigenvalue weighted by atomic mass is 16.3. The van der Waals surface area contributed by atoms with Gasteiger partial charge in [-0.3, -0.25) is 9.59 Å². The second-order valence-corrected chi connectivity index (χ2v) is 6.21. The number of nitrogens with one attached hydrogen (secondary N) is 1. The van der Waals surface area contributed by atoms with Gasteiger partial charge in [-0.25, -0.2) is 0 Å². The Morgan fingerprint density at radius 1 is 1.08 bits per heavy atom. The molecule has 1 aromatic heterocycles. The number of amides is 2. The molecule has 24 heavy (non-hydrogen) atoms. The largest absolute Gasteiger partial charge is 0.466 e. The van der Waals surface area contributed by atoms with Crippen LogP contribution < -0.4 is 5.32 Å². The Hall–Kier alpha value is -2.56. The molecule has 1 N–H and O–H groups in total. The van der Waals surface area contributed by atoms with Gasteiger partial charge >= 0.3 is 0 Å². The van der Waals surface area contributed by atoms with E-state index in [2.05, 4.69) is 5.32 Å². The molecule has 0 unspecified atom stereocenters. The molecule has 1 fully saturated rings. The zero-order chi connectivity index (χ0) is 17.1. The summed E-state index contributed by atoms with van der Waals surface area (Å²) in [4.78, 5) is 26.8. The van der Waals surface area contributed by atoms with E-state index >= 15 is 0 Å². The number of hydrogen-bond acceptors (Lipinski definition) is 3. The highest BCUT2D eigenvalue weighted by Gasteiger charge is 2.19. The molecule has 0 bridgehead atoms. The van der Waals surface area contributed by atoms with Crippen molar-refractivity contribution in [3.63, 3.8) is 0 Å². The van der Waals surface area contributed by atoms with E-state index in [1.165, 1.54) is 6.42 Å². The number of hydrogen-bond donors (Lipinski definition) is 1. The molecule has 1 aliphatic heterocycles. The fourth-order valence-corrected chi connectivity index (χ4v) is 3.06. The normalized spacial score (nSPS) is 14.5. The first-order chi connectivity index (χ1) is 11.5. The molecule has 2 amide bonds. The van der Waals surface area contributed by atoms with Crippen LogP contribution in [0.1, 0.15) is 51.5 Å². The van der Waals surface area contributed by atoms with Crippen molar-refractivity contribution in [2.75, 3.05) is 18.4 Å². The van der Waals surface area contributed by atoms with Crippen molar-refractivity contribution in [3.8, 4) is 0 Å². The lowest BCUT2D eigenvalue weighted by Gasteiger charge is -2.26. The Balaban J connectivity index is 1.74. The second kappa shape index (κ2) is 6.91. The number of piperidine rings is 1. The van der Waals surface area contributed by atoms with Gasteiger partial charge in [-0.05, 0) is 57.4 Å². The molecule has 2 heterocycles. The van der Waals surface area contributed by atoms with E-state index in [9.17, 15) is 9.59 Å². The average molecular weight is 326 g/mol. The fourth-order valence-electron chi connectivity index (χ4n) is 3.06. The minimum absolute atomic E-state index is 0.0288. The maximum atomic E-state index is 12.6. The standard InChI is InChI=1S/C19H22N2O3/c1-13-11-17(14(2)24-13)18(22)20-16-8-6-7-15(12-16)19(23)21-9-4-3-5-10-21/h6-8,11-12H,3-5,9-10H2,1-2H3,(H,20,22). The predicted octanol–water partition coefficient (Wildman–Crippen LogP) is 3.77. The fraction of sp³-hybridized carbons (Fsp3) is 0.368. The van der Waals surface area contributed by atoms with Gasteiger partial charge in [-0.2, -0.15) is 0 Å². The molecule has 5 nitrogen and oxygen atoms in total. The topological polar surface area (TPSA) is 62.6 Å². The molecule has 2 aromatic rings. The van der Waals surface area contributed by atoms with Crippen molar-refractivity contribution in [2.45, 2.75) is 33.1 Å². The van der Waals surface area contributed by atoms with Crippen molar-refractivity contribution >= 4 is 17.5 Å². The minimum atomic E-state index is -0.230. The first kappa shape index (κ1) is 16.3. The predicted molar refractivity (Wildman–Crippen MR) is 92.3 cm³/mol. The van der Waals surface area contributed by atoms with Gasteiger partial charge in [0.1, 0.15) is 11.5 Å². The minimum Gasteiger partial charge on any atom is -0.466 e. The number of likely N-dealkylation sites (tertiary alicyclic amines) is 1. The summed E-state index contributed by atoms with van der Waals surface area (Å²) in [5.74, 6) is 1.09. The molecular formula is C19H22N2O3. The third-order valence-corrected chi connectivity index (χ3v) is 4.30. The third kappa shape index (κ3) is 3.50. The van der Waals surface area contributed by atoms with E-state index in [-0.39, 0.29) is 11.8 Å². The average Bonchev–Trinajstić information content (AvgIpc) is 2.94. The van der Waals surface area contributed by atoms with Crippen LogP contribution in [0.5, 0.6) is 0 Å². The third-order valence-electron chi connectivity index (χ3n) is 4.30. The number of furan rings is 1. The lowest BCUT2D eigenvalue weighted by molar-refractivity contribution is 0.0724. The van der Waals surface area contributed by atoms with Gasteiger partial charge in [0, 0.05) is 24.3 Å². The molecule has 0 radical (unpaired) electrons. The maximum absolute atomic E-state index is 12.6. The van der Waals surface area contributed by atoms with Gasteiger partial charge in [0.2, 0.25) is 0 Å². The molecule has 0 spiro atoms. The summed E-state index contributed by atoms with van der Waals surface area (Å²) in [5, 5.41) is 2.84. The summed E-state index contributed by atoms with van der Waals surface area (Å²) in [6.07, 6.45) is 3.30. The van der Waals surface area contributed by atoms with Crippen LogP contribution >= 0.6 is 0 Å². The monoisotopic (exact) mass is 326 g/mol. The molecule has 3 rings (SSSR count). The zero-order valence-electron chi connectivity index (χ0n) is 14.1. The van der Waals surface area contributed by atoms with Crippen LogP contribution in [0.25, 0.3) is 0 Å². The molecular weight excluding hydrogens is 304 g/mol. The molecule has 1 saturated heterocycles. The van der Waals surface area contributed by atoms with Crippen molar-refractivity contribution in [2.24, 2.45) is 0 Å². The summed E-state index contributed by atoms with van der Waals surface area (Å²) >= 11 is 0. The van der Waals surface area contributed by atoms with Crippen LogP contribution in [0.15, 0.2) is 34.7 Å². The van der Waals surface area contributed by atoms with E-state index in [4.69, 9.17) is 4.42 Å². The van der Waals surface area contributed by atoms with Crippen LogP contribution in [0.2, 0.25) is 0 Å². The summed E-state index contributed by atoms with van der Waals surface area (Å²) in [6.45, 7) is 5.19. The number of carbonyl (C=O) groups is 2. The van der Waals surface area contributed by atoms with Crippen molar-refractivity contribution in [1.82, 2.24) is 4.90 Å². The Labute approximate surface area is 141 Å². The lowest BCUT2D eigenvalue weighted by atomic mass is 10.1. The Bertz CT molecular complexity index is 758. The van der Waals surface area contributed by atoms with Crippen molar-refractivity contribution < 1.29 is 14.0 Å². The van der Waals surface area contributed by atoms with Gasteiger partial charge in [0.15, 0.2) is 0 Å². The molecule has 1 aliphatic rings. The Morgan fingerprint density at radius 2 is 1.83 bits per heavy atom. The molecule has 126 valence electrons. The summed E-state index contributed by atoms with van der Waals surface area (Å²) in [6, 6.07) is 8.82. The van der Waals surface area contributed by atoms with E-state index in [0.29, 0.717) is 28.3 Å². The first-order valence-electron chi connectivity index (χ1n) is 8.32. The Kier molecular flexibility index (Phi) is 4.69. The molecule has 0 aliphatic carbocycles. The molecule has 0 saturated carbocycles. The summed E-state index contributed by atoms with van der Waals surface area (Å²) in [5.41, 5.74) is 1.73. The number of carbonyl (C=O) groups excluding carboxylic acids is 2. The number of aryl methyl sites for hydroxylation is 2. The van der Waals surface area contributed by atoms with Crippen LogP contribution in [0, 0.1) is 13.8 Å². The van der Waals surface area contributed by atoms with Gasteiger partial charge in [-0.1, -0.05) is 6.07 Å². The molecule has 1 aromatic carbocycles. The maximum Gasteiger partial charge on any atom is 0.259 e.